The first-order valence-corrected chi connectivity index (χ1v) is 6.85. The van der Waals surface area contributed by atoms with E-state index in [9.17, 15) is 14.0 Å². The number of aromatic nitrogens is 5. The third-order valence-electron chi connectivity index (χ3n) is 3.38. The van der Waals surface area contributed by atoms with Gasteiger partial charge in [0.05, 0.1) is 19.0 Å². The van der Waals surface area contributed by atoms with E-state index in [0.29, 0.717) is 11.3 Å². The van der Waals surface area contributed by atoms with Gasteiger partial charge < -0.3 is 4.74 Å². The van der Waals surface area contributed by atoms with Gasteiger partial charge in [-0.2, -0.15) is 9.78 Å². The fourth-order valence-electron chi connectivity index (χ4n) is 2.18. The Kier molecular flexibility index (Phi) is 3.90. The van der Waals surface area contributed by atoms with Gasteiger partial charge in [0.1, 0.15) is 11.5 Å². The molecule has 0 aliphatic heterocycles. The topological polar surface area (TPSA) is 91.9 Å². The second-order valence-electron chi connectivity index (χ2n) is 4.87. The van der Waals surface area contributed by atoms with Gasteiger partial charge >= 0.3 is 5.97 Å². The predicted molar refractivity (Wildman–Crippen MR) is 81.1 cm³/mol. The van der Waals surface area contributed by atoms with Crippen molar-refractivity contribution in [1.29, 1.82) is 0 Å². The van der Waals surface area contributed by atoms with Crippen molar-refractivity contribution in [2.75, 3.05) is 7.11 Å². The summed E-state index contributed by atoms with van der Waals surface area (Å²) in [6.07, 6.45) is 1.51. The van der Waals surface area contributed by atoms with Crippen molar-refractivity contribution in [2.24, 2.45) is 7.05 Å². The molecule has 3 rings (SSSR count). The molecular weight excluding hydrogens is 317 g/mol. The van der Waals surface area contributed by atoms with Crippen LogP contribution in [0.4, 0.5) is 4.39 Å². The first-order chi connectivity index (χ1) is 11.5. The summed E-state index contributed by atoms with van der Waals surface area (Å²) >= 11 is 0. The molecule has 0 saturated heterocycles. The molecule has 0 amide bonds. The van der Waals surface area contributed by atoms with Gasteiger partial charge in [-0.1, -0.05) is 5.21 Å². The lowest BCUT2D eigenvalue weighted by Gasteiger charge is -2.09. The summed E-state index contributed by atoms with van der Waals surface area (Å²) in [5, 5.41) is 11.4. The first kappa shape index (κ1) is 15.5. The fourth-order valence-corrected chi connectivity index (χ4v) is 2.18. The molecule has 1 aromatic carbocycles. The number of carbonyl (C=O) groups is 1. The molecule has 0 N–H and O–H groups in total. The van der Waals surface area contributed by atoms with Crippen LogP contribution >= 0.6 is 0 Å². The number of methoxy groups -OCH3 is 1. The van der Waals surface area contributed by atoms with Crippen molar-refractivity contribution >= 4 is 5.97 Å². The lowest BCUT2D eigenvalue weighted by molar-refractivity contribution is 0.0591. The van der Waals surface area contributed by atoms with Gasteiger partial charge in [-0.15, -0.1) is 5.10 Å². The molecule has 122 valence electrons. The SMILES string of the molecule is COC(=O)c1ccc(=O)n(-c2cc(-c3cnnn3C)ccc2F)n1. The van der Waals surface area contributed by atoms with Crippen LogP contribution in [0.5, 0.6) is 0 Å². The molecule has 0 radical (unpaired) electrons. The van der Waals surface area contributed by atoms with Crippen LogP contribution in [-0.4, -0.2) is 37.9 Å². The van der Waals surface area contributed by atoms with Crippen LogP contribution in [0.15, 0.2) is 41.3 Å². The zero-order chi connectivity index (χ0) is 17.3. The van der Waals surface area contributed by atoms with Crippen LogP contribution in [0.3, 0.4) is 0 Å². The normalized spacial score (nSPS) is 10.6. The Bertz CT molecular complexity index is 979. The van der Waals surface area contributed by atoms with Crippen molar-refractivity contribution in [3.05, 3.63) is 58.4 Å². The van der Waals surface area contributed by atoms with Crippen LogP contribution in [0, 0.1) is 5.82 Å². The maximum atomic E-state index is 14.2. The number of nitrogens with zero attached hydrogens (tertiary/aromatic N) is 5. The summed E-state index contributed by atoms with van der Waals surface area (Å²) in [6.45, 7) is 0. The molecule has 0 aliphatic carbocycles. The Hall–Kier alpha value is -3.36. The van der Waals surface area contributed by atoms with E-state index in [4.69, 9.17) is 0 Å². The van der Waals surface area contributed by atoms with E-state index >= 15 is 0 Å². The zero-order valence-electron chi connectivity index (χ0n) is 12.8. The zero-order valence-corrected chi connectivity index (χ0v) is 12.8. The summed E-state index contributed by atoms with van der Waals surface area (Å²) < 4.78 is 21.1. The minimum absolute atomic E-state index is 0.0931. The Labute approximate surface area is 135 Å². The molecule has 2 heterocycles. The van der Waals surface area contributed by atoms with Crippen molar-refractivity contribution in [3.63, 3.8) is 0 Å². The lowest BCUT2D eigenvalue weighted by atomic mass is 10.1. The van der Waals surface area contributed by atoms with Crippen LogP contribution in [0.1, 0.15) is 10.5 Å². The maximum absolute atomic E-state index is 14.2. The molecule has 0 saturated carbocycles. The summed E-state index contributed by atoms with van der Waals surface area (Å²) in [7, 11) is 2.88. The number of benzene rings is 1. The summed E-state index contributed by atoms with van der Waals surface area (Å²) in [5.74, 6) is -1.39. The number of hydrogen-bond donors (Lipinski definition) is 0. The molecule has 24 heavy (non-hydrogen) atoms. The average molecular weight is 329 g/mol. The monoisotopic (exact) mass is 329 g/mol. The Balaban J connectivity index is 2.18. The number of esters is 1. The minimum Gasteiger partial charge on any atom is -0.464 e. The smallest absolute Gasteiger partial charge is 0.358 e. The molecule has 3 aromatic rings. The van der Waals surface area contributed by atoms with E-state index in [1.54, 1.807) is 7.05 Å². The molecule has 8 nitrogen and oxygen atoms in total. The number of rotatable bonds is 3. The molecule has 0 spiro atoms. The number of hydrogen-bond acceptors (Lipinski definition) is 6. The molecular formula is C15H12FN5O3. The van der Waals surface area contributed by atoms with Gasteiger partial charge in [0.25, 0.3) is 5.56 Å². The van der Waals surface area contributed by atoms with Gasteiger partial charge in [0, 0.05) is 18.7 Å². The highest BCUT2D eigenvalue weighted by Gasteiger charge is 2.15. The standard InChI is InChI=1S/C15H12FN5O3/c1-20-13(8-17-19-20)9-3-4-10(16)12(7-9)21-14(22)6-5-11(18-21)15(23)24-2/h3-8H,1-2H3. The van der Waals surface area contributed by atoms with Crippen LogP contribution in [0.25, 0.3) is 16.9 Å². The Morgan fingerprint density at radius 2 is 2.04 bits per heavy atom. The molecule has 0 bridgehead atoms. The fraction of sp³-hybridized carbons (Fsp3) is 0.133. The summed E-state index contributed by atoms with van der Waals surface area (Å²) in [5.41, 5.74) is 0.444. The number of aryl methyl sites for hydroxylation is 1. The number of halogens is 1. The second-order valence-corrected chi connectivity index (χ2v) is 4.87. The quantitative estimate of drug-likeness (QED) is 0.665. The van der Waals surface area contributed by atoms with Gasteiger partial charge in [0.2, 0.25) is 0 Å². The highest BCUT2D eigenvalue weighted by molar-refractivity contribution is 5.86. The van der Waals surface area contributed by atoms with E-state index in [1.807, 2.05) is 0 Å². The van der Waals surface area contributed by atoms with Crippen LogP contribution in [-0.2, 0) is 11.8 Å². The van der Waals surface area contributed by atoms with E-state index in [2.05, 4.69) is 20.1 Å². The van der Waals surface area contributed by atoms with E-state index < -0.39 is 17.3 Å². The van der Waals surface area contributed by atoms with Crippen LogP contribution < -0.4 is 5.56 Å². The largest absolute Gasteiger partial charge is 0.464 e. The Morgan fingerprint density at radius 3 is 2.71 bits per heavy atom. The van der Waals surface area contributed by atoms with Crippen molar-refractivity contribution in [2.45, 2.75) is 0 Å². The average Bonchev–Trinajstić information content (AvgIpc) is 3.01. The van der Waals surface area contributed by atoms with Gasteiger partial charge in [0.15, 0.2) is 5.69 Å². The predicted octanol–water partition coefficient (Wildman–Crippen LogP) is 0.954. The Morgan fingerprint density at radius 1 is 1.25 bits per heavy atom. The summed E-state index contributed by atoms with van der Waals surface area (Å²) in [6, 6.07) is 6.52. The number of ether oxygens (including phenoxy) is 1. The van der Waals surface area contributed by atoms with Crippen molar-refractivity contribution < 1.29 is 13.9 Å². The molecule has 0 fully saturated rings. The van der Waals surface area contributed by atoms with E-state index in [-0.39, 0.29) is 11.4 Å². The van der Waals surface area contributed by atoms with Crippen molar-refractivity contribution in [1.82, 2.24) is 24.8 Å². The summed E-state index contributed by atoms with van der Waals surface area (Å²) in [4.78, 5) is 23.6. The molecule has 9 heteroatoms. The number of carbonyl (C=O) groups excluding carboxylic acids is 1. The van der Waals surface area contributed by atoms with E-state index in [1.165, 1.54) is 42.3 Å². The van der Waals surface area contributed by atoms with Crippen LogP contribution in [0.2, 0.25) is 0 Å². The minimum atomic E-state index is -0.726. The van der Waals surface area contributed by atoms with E-state index in [0.717, 1.165) is 10.7 Å². The first-order valence-electron chi connectivity index (χ1n) is 6.85. The van der Waals surface area contributed by atoms with Gasteiger partial charge in [-0.25, -0.2) is 13.9 Å². The second kappa shape index (κ2) is 6.03. The maximum Gasteiger partial charge on any atom is 0.358 e. The molecule has 0 aliphatic rings. The van der Waals surface area contributed by atoms with Gasteiger partial charge in [-0.05, 0) is 24.3 Å². The highest BCUT2D eigenvalue weighted by Crippen LogP contribution is 2.22. The third-order valence-corrected chi connectivity index (χ3v) is 3.38. The molecule has 0 unspecified atom stereocenters. The third kappa shape index (κ3) is 2.67. The molecule has 2 aromatic heterocycles. The van der Waals surface area contributed by atoms with Gasteiger partial charge in [-0.3, -0.25) is 4.79 Å². The van der Waals surface area contributed by atoms with Crippen molar-refractivity contribution in [3.8, 4) is 16.9 Å². The highest BCUT2D eigenvalue weighted by atomic mass is 19.1. The lowest BCUT2D eigenvalue weighted by Crippen LogP contribution is -2.24. The molecule has 0 atom stereocenters.